The van der Waals surface area contributed by atoms with E-state index in [1.165, 1.54) is 5.56 Å². The van der Waals surface area contributed by atoms with Crippen molar-refractivity contribution in [2.75, 3.05) is 19.8 Å². The van der Waals surface area contributed by atoms with Crippen LogP contribution in [-0.2, 0) is 6.54 Å². The number of aromatic nitrogens is 1. The molecule has 170 valence electrons. The number of rotatable bonds is 6. The second-order valence-corrected chi connectivity index (χ2v) is 7.99. The van der Waals surface area contributed by atoms with Crippen molar-refractivity contribution in [3.05, 3.63) is 82.9 Å². The predicted octanol–water partition coefficient (Wildman–Crippen LogP) is 4.79. The molecule has 7 heteroatoms. The summed E-state index contributed by atoms with van der Waals surface area (Å²) in [7, 11) is 0. The standard InChI is InChI=1S/C27H24N4O3/c1-2-29-16-17-3-7-20(8-4-17)30-26(19-6-10-23-24(14-19)34-12-11-33-23)25-21-9-5-18(15-28)13-22(21)31-27(25)32/h3-10,13-14,29,31-32H,2,11-12,16H2,1H3. The molecule has 3 aromatic carbocycles. The third-order valence-electron chi connectivity index (χ3n) is 5.72. The summed E-state index contributed by atoms with van der Waals surface area (Å²) < 4.78 is 11.5. The van der Waals surface area contributed by atoms with Crippen molar-refractivity contribution in [1.29, 1.82) is 5.26 Å². The first-order chi connectivity index (χ1) is 16.7. The van der Waals surface area contributed by atoms with Crippen molar-refractivity contribution in [2.45, 2.75) is 13.5 Å². The number of H-pyrrole nitrogens is 1. The van der Waals surface area contributed by atoms with Crippen LogP contribution in [0.25, 0.3) is 10.9 Å². The van der Waals surface area contributed by atoms with Gasteiger partial charge in [-0.2, -0.15) is 5.26 Å². The van der Waals surface area contributed by atoms with E-state index in [1.807, 2.05) is 48.5 Å². The van der Waals surface area contributed by atoms with Gasteiger partial charge in [0.25, 0.3) is 0 Å². The first kappa shape index (κ1) is 21.6. The minimum Gasteiger partial charge on any atom is -0.494 e. The van der Waals surface area contributed by atoms with Crippen LogP contribution in [0.1, 0.15) is 29.2 Å². The SMILES string of the molecule is CCNCc1ccc(N=C(c2ccc3c(c2)OCCO3)c2c(O)[nH]c3cc(C#N)ccc23)cc1. The first-order valence-electron chi connectivity index (χ1n) is 11.2. The van der Waals surface area contributed by atoms with Crippen LogP contribution in [0.15, 0.2) is 65.7 Å². The van der Waals surface area contributed by atoms with E-state index in [-0.39, 0.29) is 5.88 Å². The van der Waals surface area contributed by atoms with E-state index in [0.717, 1.165) is 29.7 Å². The second-order valence-electron chi connectivity index (χ2n) is 7.99. The van der Waals surface area contributed by atoms with Gasteiger partial charge in [0.15, 0.2) is 17.4 Å². The van der Waals surface area contributed by atoms with E-state index in [4.69, 9.17) is 14.5 Å². The third kappa shape index (κ3) is 4.19. The molecule has 0 fully saturated rings. The Morgan fingerprint density at radius 1 is 1.06 bits per heavy atom. The molecule has 0 aliphatic carbocycles. The van der Waals surface area contributed by atoms with Gasteiger partial charge in [-0.05, 0) is 54.6 Å². The number of aromatic amines is 1. The zero-order valence-corrected chi connectivity index (χ0v) is 18.8. The summed E-state index contributed by atoms with van der Waals surface area (Å²) in [4.78, 5) is 7.94. The van der Waals surface area contributed by atoms with Crippen LogP contribution in [0.4, 0.5) is 5.69 Å². The van der Waals surface area contributed by atoms with Gasteiger partial charge in [-0.1, -0.05) is 25.1 Å². The Morgan fingerprint density at radius 3 is 2.62 bits per heavy atom. The Hall–Kier alpha value is -4.28. The monoisotopic (exact) mass is 452 g/mol. The highest BCUT2D eigenvalue weighted by Crippen LogP contribution is 2.36. The molecule has 0 unspecified atom stereocenters. The van der Waals surface area contributed by atoms with Crippen molar-refractivity contribution >= 4 is 22.3 Å². The molecule has 34 heavy (non-hydrogen) atoms. The van der Waals surface area contributed by atoms with Gasteiger partial charge in [0.05, 0.1) is 34.1 Å². The number of fused-ring (bicyclic) bond motifs is 2. The fourth-order valence-corrected chi connectivity index (χ4v) is 4.03. The zero-order chi connectivity index (χ0) is 23.5. The average molecular weight is 453 g/mol. The topological polar surface area (TPSA) is 103 Å². The molecule has 0 bridgehead atoms. The van der Waals surface area contributed by atoms with E-state index in [2.05, 4.69) is 23.3 Å². The maximum atomic E-state index is 10.9. The third-order valence-corrected chi connectivity index (χ3v) is 5.72. The summed E-state index contributed by atoms with van der Waals surface area (Å²) in [6.07, 6.45) is 0. The van der Waals surface area contributed by atoms with Crippen molar-refractivity contribution < 1.29 is 14.6 Å². The van der Waals surface area contributed by atoms with Crippen LogP contribution < -0.4 is 14.8 Å². The molecular formula is C27H24N4O3. The summed E-state index contributed by atoms with van der Waals surface area (Å²) in [6, 6.07) is 21.1. The number of aromatic hydroxyl groups is 1. The number of ether oxygens (including phenoxy) is 2. The summed E-state index contributed by atoms with van der Waals surface area (Å²) in [6.45, 7) is 4.76. The fourth-order valence-electron chi connectivity index (χ4n) is 4.03. The van der Waals surface area contributed by atoms with Gasteiger partial charge in [-0.25, -0.2) is 4.99 Å². The van der Waals surface area contributed by atoms with Crippen molar-refractivity contribution in [2.24, 2.45) is 4.99 Å². The molecule has 0 radical (unpaired) electrons. The largest absolute Gasteiger partial charge is 0.494 e. The van der Waals surface area contributed by atoms with Crippen LogP contribution in [0.5, 0.6) is 17.4 Å². The predicted molar refractivity (Wildman–Crippen MR) is 131 cm³/mol. The Morgan fingerprint density at radius 2 is 1.85 bits per heavy atom. The van der Waals surface area contributed by atoms with Crippen LogP contribution in [-0.4, -0.2) is 35.6 Å². The minimum atomic E-state index is -0.0116. The lowest BCUT2D eigenvalue weighted by Gasteiger charge is -2.19. The maximum absolute atomic E-state index is 10.9. The van der Waals surface area contributed by atoms with Crippen LogP contribution in [0.2, 0.25) is 0 Å². The lowest BCUT2D eigenvalue weighted by Crippen LogP contribution is -2.16. The Balaban J connectivity index is 1.65. The van der Waals surface area contributed by atoms with Gasteiger partial charge >= 0.3 is 0 Å². The molecule has 3 N–H and O–H groups in total. The summed E-state index contributed by atoms with van der Waals surface area (Å²) in [5.41, 5.74) is 5.03. The molecule has 2 heterocycles. The van der Waals surface area contributed by atoms with E-state index < -0.39 is 0 Å². The maximum Gasteiger partial charge on any atom is 0.199 e. The number of hydrogen-bond acceptors (Lipinski definition) is 6. The molecule has 5 rings (SSSR count). The van der Waals surface area contributed by atoms with E-state index >= 15 is 0 Å². The Kier molecular flexibility index (Phi) is 5.90. The van der Waals surface area contributed by atoms with Gasteiger partial charge in [0.1, 0.15) is 13.2 Å². The molecule has 0 saturated carbocycles. The van der Waals surface area contributed by atoms with Crippen molar-refractivity contribution in [1.82, 2.24) is 10.3 Å². The minimum absolute atomic E-state index is 0.0116. The van der Waals surface area contributed by atoms with Crippen LogP contribution >= 0.6 is 0 Å². The molecule has 1 aromatic heterocycles. The summed E-state index contributed by atoms with van der Waals surface area (Å²) in [5.74, 6) is 1.31. The highest BCUT2D eigenvalue weighted by Gasteiger charge is 2.21. The zero-order valence-electron chi connectivity index (χ0n) is 18.8. The molecule has 0 saturated heterocycles. The van der Waals surface area contributed by atoms with Gasteiger partial charge in [0, 0.05) is 17.5 Å². The van der Waals surface area contributed by atoms with E-state index in [1.54, 1.807) is 12.1 Å². The van der Waals surface area contributed by atoms with Crippen molar-refractivity contribution in [3.63, 3.8) is 0 Å². The Labute approximate surface area is 197 Å². The number of aliphatic imine (C=N–C) groups is 1. The highest BCUT2D eigenvalue weighted by molar-refractivity contribution is 6.22. The van der Waals surface area contributed by atoms with Crippen LogP contribution in [0, 0.1) is 11.3 Å². The van der Waals surface area contributed by atoms with Gasteiger partial charge in [-0.15, -0.1) is 0 Å². The summed E-state index contributed by atoms with van der Waals surface area (Å²) >= 11 is 0. The summed E-state index contributed by atoms with van der Waals surface area (Å²) in [5, 5.41) is 24.3. The number of benzene rings is 3. The highest BCUT2D eigenvalue weighted by atomic mass is 16.6. The van der Waals surface area contributed by atoms with Gasteiger partial charge < -0.3 is 24.9 Å². The molecule has 7 nitrogen and oxygen atoms in total. The molecule has 1 aliphatic rings. The van der Waals surface area contributed by atoms with E-state index in [0.29, 0.717) is 47.1 Å². The average Bonchev–Trinajstić information content (AvgIpc) is 3.21. The second kappa shape index (κ2) is 9.30. The number of nitrogens with zero attached hydrogens (tertiary/aromatic N) is 2. The number of hydrogen-bond donors (Lipinski definition) is 3. The van der Waals surface area contributed by atoms with Crippen molar-refractivity contribution in [3.8, 4) is 23.4 Å². The number of nitrogens with one attached hydrogen (secondary N) is 2. The number of nitriles is 1. The molecular weight excluding hydrogens is 428 g/mol. The lowest BCUT2D eigenvalue weighted by atomic mass is 9.99. The molecule has 4 aromatic rings. The molecule has 1 aliphatic heterocycles. The fraction of sp³-hybridized carbons (Fsp3) is 0.185. The van der Waals surface area contributed by atoms with Gasteiger partial charge in [0.2, 0.25) is 0 Å². The van der Waals surface area contributed by atoms with Crippen LogP contribution in [0.3, 0.4) is 0 Å². The van der Waals surface area contributed by atoms with E-state index in [9.17, 15) is 10.4 Å². The molecule has 0 spiro atoms. The Bertz CT molecular complexity index is 1410. The lowest BCUT2D eigenvalue weighted by molar-refractivity contribution is 0.171. The van der Waals surface area contributed by atoms with Gasteiger partial charge in [-0.3, -0.25) is 0 Å². The smallest absolute Gasteiger partial charge is 0.199 e. The quantitative estimate of drug-likeness (QED) is 0.365. The molecule has 0 amide bonds. The molecule has 0 atom stereocenters. The normalized spacial score (nSPS) is 13.1. The first-order valence-corrected chi connectivity index (χ1v) is 11.2.